The van der Waals surface area contributed by atoms with Crippen LogP contribution in [0.4, 0.5) is 0 Å². The lowest BCUT2D eigenvalue weighted by atomic mass is 9.91. The largest absolute Gasteiger partial charge is 0.452 e. The van der Waals surface area contributed by atoms with Gasteiger partial charge in [0.05, 0.1) is 0 Å². The van der Waals surface area contributed by atoms with Crippen molar-refractivity contribution in [2.45, 2.75) is 64.1 Å². The Morgan fingerprint density at radius 3 is 1.82 bits per heavy atom. The van der Waals surface area contributed by atoms with E-state index in [0.717, 1.165) is 30.4 Å². The SMILES string of the molecule is C[C@@H](OC(=O)C(c1ccccc1)c1ccccc1)C(=O)N1[C@@H](C)CCC[C@@H]1C. The van der Waals surface area contributed by atoms with Crippen molar-refractivity contribution < 1.29 is 14.3 Å². The van der Waals surface area contributed by atoms with Crippen LogP contribution in [0.3, 0.4) is 0 Å². The van der Waals surface area contributed by atoms with Gasteiger partial charge in [-0.15, -0.1) is 0 Å². The van der Waals surface area contributed by atoms with Crippen LogP contribution in [-0.4, -0.2) is 35.0 Å². The van der Waals surface area contributed by atoms with Crippen molar-refractivity contribution in [3.8, 4) is 0 Å². The molecule has 2 aromatic rings. The van der Waals surface area contributed by atoms with Gasteiger partial charge in [-0.25, -0.2) is 0 Å². The third-order valence-electron chi connectivity index (χ3n) is 5.59. The van der Waals surface area contributed by atoms with Gasteiger partial charge in [0, 0.05) is 12.1 Å². The van der Waals surface area contributed by atoms with Gasteiger partial charge in [0.15, 0.2) is 6.10 Å². The molecule has 0 saturated carbocycles. The molecule has 4 heteroatoms. The fraction of sp³-hybridized carbons (Fsp3) is 0.417. The Hall–Kier alpha value is -2.62. The summed E-state index contributed by atoms with van der Waals surface area (Å²) < 4.78 is 5.70. The summed E-state index contributed by atoms with van der Waals surface area (Å²) in [5.41, 5.74) is 1.72. The second-order valence-electron chi connectivity index (χ2n) is 7.71. The van der Waals surface area contributed by atoms with E-state index in [2.05, 4.69) is 13.8 Å². The Kier molecular flexibility index (Phi) is 6.50. The summed E-state index contributed by atoms with van der Waals surface area (Å²) in [6.07, 6.45) is 2.32. The highest BCUT2D eigenvalue weighted by Crippen LogP contribution is 2.28. The van der Waals surface area contributed by atoms with Crippen molar-refractivity contribution in [3.63, 3.8) is 0 Å². The normalized spacial score (nSPS) is 20.6. The molecular formula is C24H29NO3. The summed E-state index contributed by atoms with van der Waals surface area (Å²) in [6.45, 7) is 5.82. The lowest BCUT2D eigenvalue weighted by Crippen LogP contribution is -2.51. The zero-order chi connectivity index (χ0) is 20.1. The third-order valence-corrected chi connectivity index (χ3v) is 5.59. The molecule has 1 aliphatic heterocycles. The summed E-state index contributed by atoms with van der Waals surface area (Å²) in [7, 11) is 0. The quantitative estimate of drug-likeness (QED) is 0.717. The number of hydrogen-bond donors (Lipinski definition) is 0. The van der Waals surface area contributed by atoms with E-state index < -0.39 is 18.0 Å². The fourth-order valence-corrected chi connectivity index (χ4v) is 4.11. The molecule has 1 heterocycles. The van der Waals surface area contributed by atoms with Crippen molar-refractivity contribution in [2.24, 2.45) is 0 Å². The topological polar surface area (TPSA) is 46.6 Å². The van der Waals surface area contributed by atoms with Crippen LogP contribution in [0.25, 0.3) is 0 Å². The standard InChI is InChI=1S/C24H29NO3/c1-17-11-10-12-18(2)25(17)23(26)19(3)28-24(27)22(20-13-6-4-7-14-20)21-15-8-5-9-16-21/h4-9,13-19,22H,10-12H2,1-3H3/t17-,18-,19+/m0/s1. The minimum atomic E-state index is -0.801. The number of likely N-dealkylation sites (tertiary alicyclic amines) is 1. The molecule has 0 unspecified atom stereocenters. The number of carbonyl (C=O) groups is 2. The van der Waals surface area contributed by atoms with Crippen LogP contribution in [0.15, 0.2) is 60.7 Å². The molecule has 2 aromatic carbocycles. The molecule has 148 valence electrons. The number of ether oxygens (including phenoxy) is 1. The van der Waals surface area contributed by atoms with Crippen molar-refractivity contribution in [3.05, 3.63) is 71.8 Å². The van der Waals surface area contributed by atoms with Gasteiger partial charge >= 0.3 is 5.97 Å². The first-order chi connectivity index (χ1) is 13.5. The van der Waals surface area contributed by atoms with Crippen molar-refractivity contribution in [2.75, 3.05) is 0 Å². The van der Waals surface area contributed by atoms with Gasteiger partial charge in [-0.05, 0) is 51.2 Å². The molecule has 1 aliphatic rings. The van der Waals surface area contributed by atoms with Crippen LogP contribution in [0.2, 0.25) is 0 Å². The Bertz CT molecular complexity index is 741. The van der Waals surface area contributed by atoms with Crippen molar-refractivity contribution >= 4 is 11.9 Å². The van der Waals surface area contributed by atoms with E-state index >= 15 is 0 Å². The van der Waals surface area contributed by atoms with Crippen LogP contribution < -0.4 is 0 Å². The van der Waals surface area contributed by atoms with Crippen LogP contribution in [0.5, 0.6) is 0 Å². The summed E-state index contributed by atoms with van der Waals surface area (Å²) >= 11 is 0. The number of piperidine rings is 1. The van der Waals surface area contributed by atoms with Gasteiger partial charge in [0.2, 0.25) is 0 Å². The van der Waals surface area contributed by atoms with Crippen molar-refractivity contribution in [1.82, 2.24) is 4.90 Å². The third kappa shape index (κ3) is 4.44. The van der Waals surface area contributed by atoms with Gasteiger partial charge in [0.1, 0.15) is 5.92 Å². The second kappa shape index (κ2) is 9.05. The number of nitrogens with zero attached hydrogens (tertiary/aromatic N) is 1. The Morgan fingerprint density at radius 1 is 0.893 bits per heavy atom. The van der Waals surface area contributed by atoms with E-state index in [9.17, 15) is 9.59 Å². The number of amides is 1. The number of carbonyl (C=O) groups excluding carboxylic acids is 2. The maximum absolute atomic E-state index is 13.1. The maximum Gasteiger partial charge on any atom is 0.318 e. The summed E-state index contributed by atoms with van der Waals surface area (Å²) in [4.78, 5) is 28.0. The summed E-state index contributed by atoms with van der Waals surface area (Å²) in [6, 6.07) is 19.5. The first-order valence-electron chi connectivity index (χ1n) is 10.1. The Balaban J connectivity index is 1.79. The van der Waals surface area contributed by atoms with Crippen LogP contribution in [0.1, 0.15) is 57.1 Å². The lowest BCUT2D eigenvalue weighted by molar-refractivity contribution is -0.162. The minimum Gasteiger partial charge on any atom is -0.452 e. The fourth-order valence-electron chi connectivity index (χ4n) is 4.11. The van der Waals surface area contributed by atoms with Crippen LogP contribution >= 0.6 is 0 Å². The molecule has 0 N–H and O–H groups in total. The average molecular weight is 380 g/mol. The number of hydrogen-bond acceptors (Lipinski definition) is 3. The smallest absolute Gasteiger partial charge is 0.318 e. The molecular weight excluding hydrogens is 350 g/mol. The average Bonchev–Trinajstić information content (AvgIpc) is 2.69. The summed E-state index contributed by atoms with van der Waals surface area (Å²) in [5.74, 6) is -1.04. The van der Waals surface area contributed by atoms with E-state index in [-0.39, 0.29) is 18.0 Å². The Labute approximate surface area is 167 Å². The molecule has 0 aromatic heterocycles. The molecule has 3 rings (SSSR count). The molecule has 0 aliphatic carbocycles. The molecule has 4 nitrogen and oxygen atoms in total. The highest BCUT2D eigenvalue weighted by Gasteiger charge is 2.34. The van der Waals surface area contributed by atoms with E-state index in [1.54, 1.807) is 6.92 Å². The van der Waals surface area contributed by atoms with E-state index in [1.807, 2.05) is 65.6 Å². The van der Waals surface area contributed by atoms with E-state index in [1.165, 1.54) is 0 Å². The maximum atomic E-state index is 13.1. The molecule has 0 bridgehead atoms. The highest BCUT2D eigenvalue weighted by molar-refractivity contribution is 5.87. The molecule has 1 fully saturated rings. The number of rotatable bonds is 5. The predicted octanol–water partition coefficient (Wildman–Crippen LogP) is 4.54. The molecule has 0 radical (unpaired) electrons. The molecule has 0 spiro atoms. The van der Waals surface area contributed by atoms with Crippen LogP contribution in [-0.2, 0) is 14.3 Å². The summed E-state index contributed by atoms with van der Waals surface area (Å²) in [5, 5.41) is 0. The zero-order valence-corrected chi connectivity index (χ0v) is 16.9. The zero-order valence-electron chi connectivity index (χ0n) is 16.9. The predicted molar refractivity (Wildman–Crippen MR) is 110 cm³/mol. The van der Waals surface area contributed by atoms with Gasteiger partial charge in [-0.1, -0.05) is 60.7 Å². The van der Waals surface area contributed by atoms with Crippen LogP contribution in [0, 0.1) is 0 Å². The first kappa shape index (κ1) is 20.1. The monoisotopic (exact) mass is 379 g/mol. The number of esters is 1. The first-order valence-corrected chi connectivity index (χ1v) is 10.1. The van der Waals surface area contributed by atoms with Gasteiger partial charge in [-0.2, -0.15) is 0 Å². The van der Waals surface area contributed by atoms with Gasteiger partial charge in [-0.3, -0.25) is 9.59 Å². The lowest BCUT2D eigenvalue weighted by Gasteiger charge is -2.40. The highest BCUT2D eigenvalue weighted by atomic mass is 16.5. The molecule has 1 saturated heterocycles. The van der Waals surface area contributed by atoms with E-state index in [0.29, 0.717) is 0 Å². The molecule has 28 heavy (non-hydrogen) atoms. The second-order valence-corrected chi connectivity index (χ2v) is 7.71. The Morgan fingerprint density at radius 2 is 1.36 bits per heavy atom. The molecule has 3 atom stereocenters. The molecule has 1 amide bonds. The minimum absolute atomic E-state index is 0.104. The van der Waals surface area contributed by atoms with Gasteiger partial charge in [0.25, 0.3) is 5.91 Å². The van der Waals surface area contributed by atoms with Crippen molar-refractivity contribution in [1.29, 1.82) is 0 Å². The van der Waals surface area contributed by atoms with E-state index in [4.69, 9.17) is 4.74 Å². The van der Waals surface area contributed by atoms with Gasteiger partial charge < -0.3 is 9.64 Å². The number of benzene rings is 2.